The Kier molecular flexibility index (Phi) is 4.86. The third kappa shape index (κ3) is 3.71. The molecule has 3 heterocycles. The fourth-order valence-electron chi connectivity index (χ4n) is 2.74. The van der Waals surface area contributed by atoms with Crippen LogP contribution in [0.2, 0.25) is 0 Å². The Bertz CT molecular complexity index is 946. The highest BCUT2D eigenvalue weighted by Gasteiger charge is 2.08. The van der Waals surface area contributed by atoms with Crippen LogP contribution in [-0.2, 0) is 6.54 Å². The van der Waals surface area contributed by atoms with Crippen molar-refractivity contribution in [2.24, 2.45) is 0 Å². The molecule has 1 N–H and O–H groups in total. The summed E-state index contributed by atoms with van der Waals surface area (Å²) in [6, 6.07) is 12.8. The first-order valence-electron chi connectivity index (χ1n) is 8.46. The molecule has 0 aliphatic carbocycles. The largest absolute Gasteiger partial charge is 0.306 e. The summed E-state index contributed by atoms with van der Waals surface area (Å²) in [7, 11) is 0. The molecule has 4 rings (SSSR count). The highest BCUT2D eigenvalue weighted by molar-refractivity contribution is 7.15. The zero-order chi connectivity index (χ0) is 17.8. The average Bonchev–Trinajstić information content (AvgIpc) is 3.39. The zero-order valence-electron chi connectivity index (χ0n) is 14.4. The Labute approximate surface area is 156 Å². The molecule has 1 aromatic carbocycles. The second-order valence-electron chi connectivity index (χ2n) is 6.03. The molecule has 1 atom stereocenters. The van der Waals surface area contributed by atoms with Crippen molar-refractivity contribution in [3.8, 4) is 16.3 Å². The van der Waals surface area contributed by atoms with Crippen LogP contribution in [0.3, 0.4) is 0 Å². The van der Waals surface area contributed by atoms with Gasteiger partial charge in [0.25, 0.3) is 0 Å². The average molecular weight is 361 g/mol. The maximum absolute atomic E-state index is 4.52. The van der Waals surface area contributed by atoms with Crippen molar-refractivity contribution >= 4 is 11.3 Å². The van der Waals surface area contributed by atoms with E-state index in [1.165, 1.54) is 10.4 Å². The van der Waals surface area contributed by atoms with Gasteiger partial charge in [-0.15, -0.1) is 11.3 Å². The van der Waals surface area contributed by atoms with E-state index in [2.05, 4.69) is 51.5 Å². The Balaban J connectivity index is 1.38. The van der Waals surface area contributed by atoms with Crippen LogP contribution < -0.4 is 5.32 Å². The van der Waals surface area contributed by atoms with Crippen LogP contribution in [-0.4, -0.2) is 19.5 Å². The molecule has 0 saturated carbocycles. The van der Waals surface area contributed by atoms with E-state index in [4.69, 9.17) is 0 Å². The first-order valence-corrected chi connectivity index (χ1v) is 9.28. The van der Waals surface area contributed by atoms with E-state index in [9.17, 15) is 0 Å². The van der Waals surface area contributed by atoms with Crippen molar-refractivity contribution < 1.29 is 0 Å². The van der Waals surface area contributed by atoms with Crippen molar-refractivity contribution in [1.82, 2.24) is 24.8 Å². The van der Waals surface area contributed by atoms with Gasteiger partial charge in [0.2, 0.25) is 0 Å². The number of aromatic nitrogens is 4. The van der Waals surface area contributed by atoms with Crippen molar-refractivity contribution in [3.63, 3.8) is 0 Å². The van der Waals surface area contributed by atoms with Gasteiger partial charge in [0.15, 0.2) is 0 Å². The molecule has 5 nitrogen and oxygen atoms in total. The summed E-state index contributed by atoms with van der Waals surface area (Å²) < 4.78 is 2.00. The van der Waals surface area contributed by atoms with E-state index in [1.807, 2.05) is 29.1 Å². The number of pyridine rings is 1. The molecule has 0 aliphatic rings. The molecule has 3 aromatic heterocycles. The van der Waals surface area contributed by atoms with Crippen molar-refractivity contribution in [3.05, 3.63) is 84.2 Å². The van der Waals surface area contributed by atoms with Crippen molar-refractivity contribution in [1.29, 1.82) is 0 Å². The highest BCUT2D eigenvalue weighted by Crippen LogP contribution is 2.25. The van der Waals surface area contributed by atoms with E-state index in [-0.39, 0.29) is 6.04 Å². The van der Waals surface area contributed by atoms with Crippen LogP contribution in [0, 0.1) is 0 Å². The monoisotopic (exact) mass is 361 g/mol. The van der Waals surface area contributed by atoms with E-state index in [1.54, 1.807) is 36.3 Å². The zero-order valence-corrected chi connectivity index (χ0v) is 15.2. The second kappa shape index (κ2) is 7.59. The van der Waals surface area contributed by atoms with Gasteiger partial charge in [-0.25, -0.2) is 9.97 Å². The minimum atomic E-state index is 0.262. The van der Waals surface area contributed by atoms with E-state index in [0.717, 1.165) is 22.8 Å². The molecule has 6 heteroatoms. The highest BCUT2D eigenvalue weighted by atomic mass is 32.1. The standard InChI is InChI=1S/C20H19N5S/c1-15(16-2-4-18(5-3-16)25-11-10-22-14-25)23-12-19-13-24-20(26-19)17-6-8-21-9-7-17/h2-11,13-15,23H,12H2,1H3. The van der Waals surface area contributed by atoms with Gasteiger partial charge in [-0.3, -0.25) is 4.98 Å². The third-order valence-electron chi connectivity index (χ3n) is 4.26. The first-order chi connectivity index (χ1) is 12.8. The molecule has 4 aromatic rings. The smallest absolute Gasteiger partial charge is 0.123 e. The van der Waals surface area contributed by atoms with Crippen LogP contribution in [0.15, 0.2) is 73.7 Å². The summed E-state index contributed by atoms with van der Waals surface area (Å²) in [5.41, 5.74) is 3.48. The fraction of sp³-hybridized carbons (Fsp3) is 0.150. The molecular weight excluding hydrogens is 342 g/mol. The molecular formula is C20H19N5S. The molecule has 0 fully saturated rings. The van der Waals surface area contributed by atoms with Crippen LogP contribution >= 0.6 is 11.3 Å². The van der Waals surface area contributed by atoms with Crippen LogP contribution in [0.25, 0.3) is 16.3 Å². The lowest BCUT2D eigenvalue weighted by molar-refractivity contribution is 0.578. The van der Waals surface area contributed by atoms with Crippen molar-refractivity contribution in [2.45, 2.75) is 19.5 Å². The number of imidazole rings is 1. The van der Waals surface area contributed by atoms with E-state index < -0.39 is 0 Å². The van der Waals surface area contributed by atoms with Gasteiger partial charge in [-0.05, 0) is 36.8 Å². The maximum Gasteiger partial charge on any atom is 0.123 e. The molecule has 1 unspecified atom stereocenters. The third-order valence-corrected chi connectivity index (χ3v) is 5.31. The number of thiazole rings is 1. The first kappa shape index (κ1) is 16.6. The molecule has 0 bridgehead atoms. The number of nitrogens with one attached hydrogen (secondary N) is 1. The second-order valence-corrected chi connectivity index (χ2v) is 7.15. The predicted octanol–water partition coefficient (Wildman–Crippen LogP) is 4.24. The summed E-state index contributed by atoms with van der Waals surface area (Å²) in [6.07, 6.45) is 11.1. The maximum atomic E-state index is 4.52. The normalized spacial score (nSPS) is 12.2. The lowest BCUT2D eigenvalue weighted by atomic mass is 10.1. The number of nitrogens with zero attached hydrogens (tertiary/aromatic N) is 4. The summed E-state index contributed by atoms with van der Waals surface area (Å²) in [6.45, 7) is 2.98. The van der Waals surface area contributed by atoms with Crippen molar-refractivity contribution in [2.75, 3.05) is 0 Å². The molecule has 0 spiro atoms. The van der Waals surface area contributed by atoms with Crippen LogP contribution in [0.1, 0.15) is 23.4 Å². The fourth-order valence-corrected chi connectivity index (χ4v) is 3.60. The quantitative estimate of drug-likeness (QED) is 0.558. The molecule has 0 radical (unpaired) electrons. The minimum absolute atomic E-state index is 0.262. The molecule has 0 saturated heterocycles. The summed E-state index contributed by atoms with van der Waals surface area (Å²) in [4.78, 5) is 13.9. The van der Waals surface area contributed by atoms with Crippen LogP contribution in [0.4, 0.5) is 0 Å². The Morgan fingerprint density at radius 1 is 1.04 bits per heavy atom. The topological polar surface area (TPSA) is 55.6 Å². The molecule has 0 aliphatic heterocycles. The lowest BCUT2D eigenvalue weighted by Gasteiger charge is -2.14. The predicted molar refractivity (Wildman–Crippen MR) is 104 cm³/mol. The number of hydrogen-bond donors (Lipinski definition) is 1. The van der Waals surface area contributed by atoms with Gasteiger partial charge >= 0.3 is 0 Å². The summed E-state index contributed by atoms with van der Waals surface area (Å²) in [5, 5.41) is 4.60. The van der Waals surface area contributed by atoms with E-state index >= 15 is 0 Å². The molecule has 26 heavy (non-hydrogen) atoms. The van der Waals surface area contributed by atoms with Gasteiger partial charge in [-0.1, -0.05) is 12.1 Å². The summed E-state index contributed by atoms with van der Waals surface area (Å²) >= 11 is 1.71. The number of rotatable bonds is 6. The number of benzene rings is 1. The molecule has 130 valence electrons. The Morgan fingerprint density at radius 3 is 2.58 bits per heavy atom. The van der Waals surface area contributed by atoms with Gasteiger partial charge < -0.3 is 9.88 Å². The number of hydrogen-bond acceptors (Lipinski definition) is 5. The van der Waals surface area contributed by atoms with Gasteiger partial charge in [0.05, 0.1) is 6.33 Å². The van der Waals surface area contributed by atoms with Gasteiger partial charge in [0.1, 0.15) is 5.01 Å². The Hall–Kier alpha value is -2.83. The molecule has 0 amide bonds. The Morgan fingerprint density at radius 2 is 1.85 bits per heavy atom. The lowest BCUT2D eigenvalue weighted by Crippen LogP contribution is -2.17. The van der Waals surface area contributed by atoms with Gasteiger partial charge in [0, 0.05) is 59.7 Å². The minimum Gasteiger partial charge on any atom is -0.306 e. The SMILES string of the molecule is CC(NCc1cnc(-c2ccncc2)s1)c1ccc(-n2ccnc2)cc1. The van der Waals surface area contributed by atoms with Gasteiger partial charge in [-0.2, -0.15) is 0 Å². The summed E-state index contributed by atoms with van der Waals surface area (Å²) in [5.74, 6) is 0. The van der Waals surface area contributed by atoms with E-state index in [0.29, 0.717) is 0 Å². The van der Waals surface area contributed by atoms with Crippen LogP contribution in [0.5, 0.6) is 0 Å².